The number of nitrogens with zero attached hydrogens (tertiary/aromatic N) is 3. The van der Waals surface area contributed by atoms with Gasteiger partial charge in [0.05, 0.1) is 22.3 Å². The van der Waals surface area contributed by atoms with Gasteiger partial charge in [-0.05, 0) is 103 Å². The van der Waals surface area contributed by atoms with Crippen LogP contribution in [0.2, 0.25) is 0 Å². The van der Waals surface area contributed by atoms with Gasteiger partial charge in [-0.2, -0.15) is 0 Å². The Hall–Kier alpha value is -6.35. The molecule has 1 N–H and O–H groups in total. The fourth-order valence-corrected chi connectivity index (χ4v) is 9.24. The minimum Gasteiger partial charge on any atom is -0.507 e. The summed E-state index contributed by atoms with van der Waals surface area (Å²) in [6, 6.07) is 46.9. The molecule has 0 bridgehead atoms. The Morgan fingerprint density at radius 1 is 0.527 bits per heavy atom. The number of phenols is 1. The summed E-state index contributed by atoms with van der Waals surface area (Å²) in [4.78, 5) is 10.2. The number of hydrogen-bond donors (Lipinski definition) is 1. The normalized spacial score (nSPS) is 17.7. The van der Waals surface area contributed by atoms with Gasteiger partial charge in [0.15, 0.2) is 0 Å². The van der Waals surface area contributed by atoms with E-state index in [9.17, 15) is 5.11 Å². The molecule has 0 aliphatic carbocycles. The first-order chi connectivity index (χ1) is 42.5. The van der Waals surface area contributed by atoms with Gasteiger partial charge in [0.1, 0.15) is 11.6 Å². The third-order valence-corrected chi connectivity index (χ3v) is 13.0. The van der Waals surface area contributed by atoms with Crippen LogP contribution in [-0.2, 0) is 49.1 Å². The maximum atomic E-state index is 13.4. The van der Waals surface area contributed by atoms with Crippen LogP contribution in [0.25, 0.3) is 83.9 Å². The Morgan fingerprint density at radius 3 is 1.65 bits per heavy atom. The summed E-state index contributed by atoms with van der Waals surface area (Å²) in [7, 11) is 0. The number of para-hydroxylation sites is 1. The van der Waals surface area contributed by atoms with Crippen molar-refractivity contribution in [3.05, 3.63) is 192 Å². The Labute approximate surface area is 484 Å². The first-order valence-electron chi connectivity index (χ1n) is 34.4. The summed E-state index contributed by atoms with van der Waals surface area (Å²) in [6.07, 6.45) is 0.0216. The topological polar surface area (TPSA) is 50.9 Å². The molecule has 9 rings (SSSR count). The van der Waals surface area contributed by atoms with E-state index in [0.717, 1.165) is 28.3 Å². The number of aromatic nitrogens is 3. The quantitative estimate of drug-likeness (QED) is 0.154. The maximum absolute atomic E-state index is 13.4. The van der Waals surface area contributed by atoms with Crippen molar-refractivity contribution >= 4 is 11.0 Å². The van der Waals surface area contributed by atoms with Crippen LogP contribution in [0, 0.1) is 11.5 Å². The second-order valence-corrected chi connectivity index (χ2v) is 22.1. The van der Waals surface area contributed by atoms with Crippen LogP contribution in [0.15, 0.2) is 158 Å². The summed E-state index contributed by atoms with van der Waals surface area (Å²) in [5.74, 6) is -1.84. The molecular weight excluding hydrogens is 1080 g/mol. The molecule has 0 fully saturated rings. The minimum atomic E-state index is -4.19. The second kappa shape index (κ2) is 20.1. The largest absolute Gasteiger partial charge is 0.507 e. The number of benzene rings is 7. The van der Waals surface area contributed by atoms with Crippen molar-refractivity contribution in [1.82, 2.24) is 14.5 Å². The van der Waals surface area contributed by atoms with E-state index in [1.165, 1.54) is 0 Å². The van der Waals surface area contributed by atoms with E-state index in [2.05, 4.69) is 6.07 Å². The predicted molar refractivity (Wildman–Crippen MR) is 310 cm³/mol. The summed E-state index contributed by atoms with van der Waals surface area (Å²) in [5, 5.41) is 13.4. The molecular formula is C69H74N3OPt-. The Morgan fingerprint density at radius 2 is 1.08 bits per heavy atom. The van der Waals surface area contributed by atoms with E-state index < -0.39 is 103 Å². The summed E-state index contributed by atoms with van der Waals surface area (Å²) in [5.41, 5.74) is -5.10. The number of pyridine rings is 1. The molecule has 2 aromatic heterocycles. The van der Waals surface area contributed by atoms with Gasteiger partial charge in [0.2, 0.25) is 0 Å². The third kappa shape index (κ3) is 11.2. The zero-order valence-electron chi connectivity index (χ0n) is 63.1. The van der Waals surface area contributed by atoms with Gasteiger partial charge in [0.25, 0.3) is 0 Å². The van der Waals surface area contributed by atoms with Crippen LogP contribution in [0.4, 0.5) is 0 Å². The first-order valence-corrected chi connectivity index (χ1v) is 24.4. The average Bonchev–Trinajstić information content (AvgIpc) is 1.72. The van der Waals surface area contributed by atoms with Crippen LogP contribution in [0.3, 0.4) is 0 Å². The molecule has 0 saturated heterocycles. The summed E-state index contributed by atoms with van der Waals surface area (Å²) in [6.45, 7) is -7.15. The molecule has 0 atom stereocenters. The predicted octanol–water partition coefficient (Wildman–Crippen LogP) is 18.7. The van der Waals surface area contributed by atoms with Gasteiger partial charge in [-0.15, -0.1) is 29.3 Å². The molecule has 0 unspecified atom stereocenters. The molecule has 0 aliphatic heterocycles. The Kier molecular flexibility index (Phi) is 9.09. The number of imidazole rings is 1. The minimum absolute atomic E-state index is 0. The molecule has 0 aliphatic rings. The van der Waals surface area contributed by atoms with Crippen molar-refractivity contribution in [2.75, 3.05) is 0 Å². The molecule has 2 heterocycles. The summed E-state index contributed by atoms with van der Waals surface area (Å²) < 4.78 is 180. The van der Waals surface area contributed by atoms with Crippen molar-refractivity contribution in [3.63, 3.8) is 0 Å². The van der Waals surface area contributed by atoms with Gasteiger partial charge in [-0.25, -0.2) is 4.98 Å². The number of fused-ring (bicyclic) bond motifs is 1. The zero-order valence-corrected chi connectivity index (χ0v) is 45.4. The van der Waals surface area contributed by atoms with Gasteiger partial charge < -0.3 is 5.11 Å². The van der Waals surface area contributed by atoms with Crippen LogP contribution in [0.1, 0.15) is 159 Å². The monoisotopic (exact) mass is 1180 g/mol. The smallest absolute Gasteiger partial charge is 0.148 e. The second-order valence-electron chi connectivity index (χ2n) is 22.1. The Balaban J connectivity index is 0.0000113. The van der Waals surface area contributed by atoms with E-state index in [0.29, 0.717) is 62.0 Å². The van der Waals surface area contributed by atoms with Gasteiger partial charge in [0, 0.05) is 77.1 Å². The van der Waals surface area contributed by atoms with E-state index in [-0.39, 0.29) is 32.1 Å². The molecule has 4 nitrogen and oxygen atoms in total. The van der Waals surface area contributed by atoms with Crippen molar-refractivity contribution in [2.24, 2.45) is 5.41 Å². The Bertz CT molecular complexity index is 4140. The van der Waals surface area contributed by atoms with Crippen LogP contribution in [0.5, 0.6) is 5.75 Å². The van der Waals surface area contributed by atoms with Gasteiger partial charge in [-0.1, -0.05) is 224 Å². The van der Waals surface area contributed by atoms with Crippen molar-refractivity contribution < 1.29 is 53.6 Å². The average molecular weight is 1180 g/mol. The van der Waals surface area contributed by atoms with Crippen molar-refractivity contribution in [1.29, 1.82) is 0 Å². The van der Waals surface area contributed by atoms with Gasteiger partial charge in [-0.3, -0.25) is 9.55 Å². The van der Waals surface area contributed by atoms with E-state index in [4.69, 9.17) is 37.4 Å². The number of aromatic hydroxyl groups is 1. The number of rotatable bonds is 8. The maximum Gasteiger partial charge on any atom is 0.148 e. The van der Waals surface area contributed by atoms with E-state index in [1.807, 2.05) is 172 Å². The molecule has 0 radical (unpaired) electrons. The van der Waals surface area contributed by atoms with Crippen LogP contribution >= 0.6 is 0 Å². The summed E-state index contributed by atoms with van der Waals surface area (Å²) >= 11 is 0. The van der Waals surface area contributed by atoms with Crippen LogP contribution in [-0.4, -0.2) is 19.6 Å². The molecule has 74 heavy (non-hydrogen) atoms. The molecule has 0 spiro atoms. The first kappa shape index (κ1) is 33.5. The fraction of sp³-hybridized carbons (Fsp3) is 0.304. The van der Waals surface area contributed by atoms with E-state index >= 15 is 0 Å². The molecule has 5 heteroatoms. The molecule has 0 saturated carbocycles. The van der Waals surface area contributed by atoms with Crippen molar-refractivity contribution in [2.45, 2.75) is 131 Å². The fourth-order valence-electron chi connectivity index (χ4n) is 9.24. The standard InChI is InChI=1S/C69H74N3O.Pt/c1-65(2,3)43-44-29-31-45(32-30-44)48-33-34-70-59(38-48)50-35-49(36-51(37-50)66(4,5)6)54-27-22-28-60-61(54)71-64(57-41-53(68(10,11)12)42-58(63(57)73)69(13,14)15)72(60)62-55(46-23-18-16-19-24-46)39-52(67(7,8)9)40-56(62)47-25-20-17-21-26-47;/h16-34,36-42,73H,43H2,1-15H3;/q-1;/i10D3,11D3,12D3,13D3,14D3,15D3,43D2;. The molecule has 7 aromatic carbocycles. The molecule has 382 valence electrons. The molecule has 9 aromatic rings. The number of phenolic OH excluding ortho intramolecular Hbond substituents is 1. The van der Waals surface area contributed by atoms with Crippen molar-refractivity contribution in [3.8, 4) is 78.6 Å². The molecule has 0 amide bonds. The van der Waals surface area contributed by atoms with Gasteiger partial charge >= 0.3 is 0 Å². The SMILES string of the molecule is [2H]C([2H])([2H])C(c1cc(-c2nc3c(-c4[c-]c(-c5cc(-c6ccc(C([2H])([2H])C(C)(C)C)cc6)ccn5)cc(C(C)(C)C)c4)cccc3n2-c2c(-c3ccccc3)cc(C(C)(C)C)cc2-c2ccccc2)c(O)c(C(C([2H])([2H])[2H])(C([2H])([2H])[2H])C([2H])([2H])[2H])c1)(C([2H])([2H])[2H])C([2H])([2H])[2H].[Pt]. The zero-order chi connectivity index (χ0) is 69.2. The third-order valence-electron chi connectivity index (χ3n) is 13.0. The van der Waals surface area contributed by atoms with Crippen LogP contribution < -0.4 is 0 Å². The number of hydrogen-bond acceptors (Lipinski definition) is 3. The van der Waals surface area contributed by atoms with E-state index in [1.54, 1.807) is 41.1 Å².